The summed E-state index contributed by atoms with van der Waals surface area (Å²) in [6.07, 6.45) is 4.19. The van der Waals surface area contributed by atoms with Crippen LogP contribution in [0.3, 0.4) is 0 Å². The SMILES string of the molecule is CCc1ccc(S(=O)(=O)NCC2(N3CCOCC3)CCC2)s1. The van der Waals surface area contributed by atoms with Crippen molar-refractivity contribution in [2.45, 2.75) is 42.4 Å². The summed E-state index contributed by atoms with van der Waals surface area (Å²) in [5.74, 6) is 0. The quantitative estimate of drug-likeness (QED) is 0.855. The van der Waals surface area contributed by atoms with Crippen molar-refractivity contribution in [1.29, 1.82) is 0 Å². The highest BCUT2D eigenvalue weighted by molar-refractivity contribution is 7.91. The van der Waals surface area contributed by atoms with Gasteiger partial charge in [0, 0.05) is 30.1 Å². The van der Waals surface area contributed by atoms with Gasteiger partial charge in [0.05, 0.1) is 13.2 Å². The number of morpholine rings is 1. The molecule has 1 N–H and O–H groups in total. The van der Waals surface area contributed by atoms with Gasteiger partial charge in [-0.2, -0.15) is 0 Å². The molecule has 0 atom stereocenters. The largest absolute Gasteiger partial charge is 0.379 e. The predicted molar refractivity (Wildman–Crippen MR) is 87.9 cm³/mol. The van der Waals surface area contributed by atoms with Crippen LogP contribution < -0.4 is 4.72 Å². The van der Waals surface area contributed by atoms with E-state index in [9.17, 15) is 8.42 Å². The number of hydrogen-bond donors (Lipinski definition) is 1. The second kappa shape index (κ2) is 6.57. The maximum atomic E-state index is 12.5. The first-order valence-corrected chi connectivity index (χ1v) is 10.3. The number of nitrogens with zero attached hydrogens (tertiary/aromatic N) is 1. The third-order valence-electron chi connectivity index (χ3n) is 4.81. The molecule has 0 spiro atoms. The van der Waals surface area contributed by atoms with E-state index >= 15 is 0 Å². The number of sulfonamides is 1. The van der Waals surface area contributed by atoms with E-state index in [0.29, 0.717) is 10.8 Å². The van der Waals surface area contributed by atoms with Crippen LogP contribution in [0.5, 0.6) is 0 Å². The average Bonchev–Trinajstić information content (AvgIpc) is 2.97. The van der Waals surface area contributed by atoms with Crippen LogP contribution in [0, 0.1) is 0 Å². The van der Waals surface area contributed by atoms with Gasteiger partial charge >= 0.3 is 0 Å². The number of ether oxygens (including phenoxy) is 1. The Morgan fingerprint density at radius 1 is 1.32 bits per heavy atom. The van der Waals surface area contributed by atoms with E-state index < -0.39 is 10.0 Å². The number of nitrogens with one attached hydrogen (secondary N) is 1. The highest BCUT2D eigenvalue weighted by Crippen LogP contribution is 2.38. The van der Waals surface area contributed by atoms with Gasteiger partial charge in [0.25, 0.3) is 0 Å². The fourth-order valence-electron chi connectivity index (χ4n) is 3.22. The Labute approximate surface area is 136 Å². The molecule has 0 radical (unpaired) electrons. The summed E-state index contributed by atoms with van der Waals surface area (Å²) in [5, 5.41) is 0. The highest BCUT2D eigenvalue weighted by atomic mass is 32.2. The lowest BCUT2D eigenvalue weighted by Gasteiger charge is -2.51. The number of hydrogen-bond acceptors (Lipinski definition) is 5. The molecule has 1 aromatic rings. The monoisotopic (exact) mass is 344 g/mol. The van der Waals surface area contributed by atoms with E-state index in [1.165, 1.54) is 17.8 Å². The van der Waals surface area contributed by atoms with Gasteiger partial charge in [-0.3, -0.25) is 4.90 Å². The molecule has 22 heavy (non-hydrogen) atoms. The summed E-state index contributed by atoms with van der Waals surface area (Å²) in [6.45, 7) is 5.85. The fraction of sp³-hybridized carbons (Fsp3) is 0.733. The summed E-state index contributed by atoms with van der Waals surface area (Å²) in [6, 6.07) is 3.62. The van der Waals surface area contributed by atoms with Gasteiger partial charge in [-0.05, 0) is 37.8 Å². The standard InChI is InChI=1S/C15H24N2O3S2/c1-2-13-4-5-14(21-13)22(18,19)16-12-15(6-3-7-15)17-8-10-20-11-9-17/h4-5,16H,2-3,6-12H2,1H3. The normalized spacial score (nSPS) is 22.4. The van der Waals surface area contributed by atoms with E-state index in [-0.39, 0.29) is 5.54 Å². The molecule has 0 unspecified atom stereocenters. The third kappa shape index (κ3) is 3.23. The van der Waals surface area contributed by atoms with Crippen molar-refractivity contribution in [3.63, 3.8) is 0 Å². The minimum Gasteiger partial charge on any atom is -0.379 e. The van der Waals surface area contributed by atoms with Crippen LogP contribution in [0.2, 0.25) is 0 Å². The number of aryl methyl sites for hydroxylation is 1. The maximum absolute atomic E-state index is 12.5. The van der Waals surface area contributed by atoms with Crippen molar-refractivity contribution in [1.82, 2.24) is 9.62 Å². The first kappa shape index (κ1) is 16.4. The van der Waals surface area contributed by atoms with E-state index in [4.69, 9.17) is 4.74 Å². The maximum Gasteiger partial charge on any atom is 0.250 e. The van der Waals surface area contributed by atoms with Crippen LogP contribution in [0.4, 0.5) is 0 Å². The Morgan fingerprint density at radius 3 is 2.59 bits per heavy atom. The molecule has 5 nitrogen and oxygen atoms in total. The molecule has 7 heteroatoms. The molecule has 0 amide bonds. The lowest BCUT2D eigenvalue weighted by atomic mass is 9.75. The zero-order chi connectivity index (χ0) is 15.6. The minimum absolute atomic E-state index is 0.00168. The van der Waals surface area contributed by atoms with Gasteiger partial charge in [0.1, 0.15) is 4.21 Å². The number of rotatable bonds is 6. The second-order valence-electron chi connectivity index (χ2n) is 6.08. The van der Waals surface area contributed by atoms with Crippen LogP contribution in [0.25, 0.3) is 0 Å². The topological polar surface area (TPSA) is 58.6 Å². The van der Waals surface area contributed by atoms with Gasteiger partial charge in [0.2, 0.25) is 10.0 Å². The van der Waals surface area contributed by atoms with Crippen molar-refractivity contribution >= 4 is 21.4 Å². The van der Waals surface area contributed by atoms with Crippen LogP contribution in [0.1, 0.15) is 31.1 Å². The van der Waals surface area contributed by atoms with E-state index in [2.05, 4.69) is 9.62 Å². The van der Waals surface area contributed by atoms with Crippen molar-refractivity contribution in [2.75, 3.05) is 32.8 Å². The van der Waals surface area contributed by atoms with Gasteiger partial charge in [0.15, 0.2) is 0 Å². The fourth-order valence-corrected chi connectivity index (χ4v) is 5.68. The van der Waals surface area contributed by atoms with Crippen LogP contribution >= 0.6 is 11.3 Å². The lowest BCUT2D eigenvalue weighted by molar-refractivity contribution is -0.0527. The first-order valence-electron chi connectivity index (χ1n) is 7.97. The minimum atomic E-state index is -3.39. The molecule has 1 aliphatic heterocycles. The van der Waals surface area contributed by atoms with Gasteiger partial charge in [-0.25, -0.2) is 13.1 Å². The van der Waals surface area contributed by atoms with Crippen molar-refractivity contribution < 1.29 is 13.2 Å². The van der Waals surface area contributed by atoms with E-state index in [0.717, 1.165) is 50.4 Å². The summed E-state index contributed by atoms with van der Waals surface area (Å²) >= 11 is 1.37. The Balaban J connectivity index is 1.67. The molecule has 0 bridgehead atoms. The molecule has 124 valence electrons. The molecule has 2 aliphatic rings. The molecule has 1 aliphatic carbocycles. The Hall–Kier alpha value is -0.470. The zero-order valence-electron chi connectivity index (χ0n) is 13.0. The summed E-state index contributed by atoms with van der Waals surface area (Å²) in [5.41, 5.74) is 0.00168. The number of thiophene rings is 1. The Bertz CT molecular complexity index is 602. The molecule has 2 heterocycles. The highest BCUT2D eigenvalue weighted by Gasteiger charge is 2.43. The van der Waals surface area contributed by atoms with Crippen LogP contribution in [-0.4, -0.2) is 51.7 Å². The lowest BCUT2D eigenvalue weighted by Crippen LogP contribution is -2.62. The molecule has 1 saturated heterocycles. The van der Waals surface area contributed by atoms with Crippen molar-refractivity contribution in [3.8, 4) is 0 Å². The Kier molecular flexibility index (Phi) is 4.89. The molecule has 3 rings (SSSR count). The summed E-state index contributed by atoms with van der Waals surface area (Å²) < 4.78 is 33.7. The molecule has 1 saturated carbocycles. The zero-order valence-corrected chi connectivity index (χ0v) is 14.6. The smallest absolute Gasteiger partial charge is 0.250 e. The van der Waals surface area contributed by atoms with Crippen molar-refractivity contribution in [3.05, 3.63) is 17.0 Å². The molecule has 2 fully saturated rings. The van der Waals surface area contributed by atoms with Crippen LogP contribution in [0.15, 0.2) is 16.3 Å². The van der Waals surface area contributed by atoms with Gasteiger partial charge < -0.3 is 4.74 Å². The van der Waals surface area contributed by atoms with Crippen molar-refractivity contribution in [2.24, 2.45) is 0 Å². The molecule has 1 aromatic heterocycles. The second-order valence-corrected chi connectivity index (χ2v) is 9.24. The molecular weight excluding hydrogens is 320 g/mol. The third-order valence-corrected chi connectivity index (χ3v) is 7.93. The average molecular weight is 345 g/mol. The molecule has 0 aromatic carbocycles. The Morgan fingerprint density at radius 2 is 2.05 bits per heavy atom. The van der Waals surface area contributed by atoms with E-state index in [1.807, 2.05) is 13.0 Å². The first-order chi connectivity index (χ1) is 10.6. The van der Waals surface area contributed by atoms with E-state index in [1.54, 1.807) is 6.07 Å². The summed E-state index contributed by atoms with van der Waals surface area (Å²) in [4.78, 5) is 3.51. The van der Waals surface area contributed by atoms with Gasteiger partial charge in [-0.1, -0.05) is 6.92 Å². The summed E-state index contributed by atoms with van der Waals surface area (Å²) in [7, 11) is -3.39. The van der Waals surface area contributed by atoms with Gasteiger partial charge in [-0.15, -0.1) is 11.3 Å². The van der Waals surface area contributed by atoms with Crippen LogP contribution in [-0.2, 0) is 21.2 Å². The molecular formula is C15H24N2O3S2. The predicted octanol–water partition coefficient (Wildman–Crippen LogP) is 1.84.